The van der Waals surface area contributed by atoms with Gasteiger partial charge in [-0.3, -0.25) is 10.1 Å². The molecule has 0 bridgehead atoms. The van der Waals surface area contributed by atoms with Crippen LogP contribution in [0, 0.1) is 10.1 Å². The Kier molecular flexibility index (Phi) is 3.24. The van der Waals surface area contributed by atoms with Crippen LogP contribution in [0.5, 0.6) is 17.2 Å². The Bertz CT molecular complexity index is 639. The van der Waals surface area contributed by atoms with E-state index in [9.17, 15) is 20.3 Å². The summed E-state index contributed by atoms with van der Waals surface area (Å²) in [4.78, 5) is 10.3. The molecule has 98 valence electrons. The molecule has 0 fully saturated rings. The third kappa shape index (κ3) is 2.28. The number of benzene rings is 2. The zero-order valence-electron chi connectivity index (χ0n) is 10.0. The highest BCUT2D eigenvalue weighted by atomic mass is 16.6. The lowest BCUT2D eigenvalue weighted by Crippen LogP contribution is -1.93. The second kappa shape index (κ2) is 4.85. The largest absolute Gasteiger partial charge is 0.507 e. The zero-order chi connectivity index (χ0) is 14.0. The Labute approximate surface area is 108 Å². The normalized spacial score (nSPS) is 10.2. The van der Waals surface area contributed by atoms with Gasteiger partial charge in [0.15, 0.2) is 11.5 Å². The lowest BCUT2D eigenvalue weighted by molar-refractivity contribution is -0.384. The lowest BCUT2D eigenvalue weighted by atomic mass is 10.0. The van der Waals surface area contributed by atoms with E-state index in [1.54, 1.807) is 18.2 Å². The molecule has 0 amide bonds. The number of phenolic OH excluding ortho intramolecular Hbond substituents is 2. The Morgan fingerprint density at radius 1 is 1.16 bits per heavy atom. The van der Waals surface area contributed by atoms with Gasteiger partial charge in [0.1, 0.15) is 5.75 Å². The van der Waals surface area contributed by atoms with Crippen LogP contribution in [-0.2, 0) is 0 Å². The number of ether oxygens (including phenoxy) is 1. The lowest BCUT2D eigenvalue weighted by Gasteiger charge is -2.10. The van der Waals surface area contributed by atoms with Crippen molar-refractivity contribution in [3.8, 4) is 28.4 Å². The van der Waals surface area contributed by atoms with E-state index in [0.29, 0.717) is 5.56 Å². The first-order valence-corrected chi connectivity index (χ1v) is 5.38. The molecule has 0 aromatic heterocycles. The van der Waals surface area contributed by atoms with Crippen molar-refractivity contribution in [1.82, 2.24) is 0 Å². The van der Waals surface area contributed by atoms with Crippen molar-refractivity contribution in [2.75, 3.05) is 7.11 Å². The van der Waals surface area contributed by atoms with Gasteiger partial charge < -0.3 is 14.9 Å². The van der Waals surface area contributed by atoms with E-state index in [0.717, 1.165) is 6.07 Å². The molecule has 0 heterocycles. The summed E-state index contributed by atoms with van der Waals surface area (Å²) in [7, 11) is 1.30. The van der Waals surface area contributed by atoms with Crippen molar-refractivity contribution in [2.45, 2.75) is 0 Å². The number of aromatic hydroxyl groups is 2. The van der Waals surface area contributed by atoms with E-state index in [2.05, 4.69) is 0 Å². The van der Waals surface area contributed by atoms with Gasteiger partial charge in [-0.05, 0) is 6.07 Å². The first-order chi connectivity index (χ1) is 9.04. The van der Waals surface area contributed by atoms with Gasteiger partial charge in [0.05, 0.1) is 18.1 Å². The number of methoxy groups -OCH3 is 1. The fraction of sp³-hybridized carbons (Fsp3) is 0.0769. The average molecular weight is 261 g/mol. The van der Waals surface area contributed by atoms with Crippen molar-refractivity contribution in [3.63, 3.8) is 0 Å². The molecule has 0 aliphatic heterocycles. The van der Waals surface area contributed by atoms with Crippen LogP contribution in [0.25, 0.3) is 11.1 Å². The monoisotopic (exact) mass is 261 g/mol. The number of rotatable bonds is 3. The van der Waals surface area contributed by atoms with Crippen LogP contribution in [0.2, 0.25) is 0 Å². The van der Waals surface area contributed by atoms with Crippen LogP contribution >= 0.6 is 0 Å². The summed E-state index contributed by atoms with van der Waals surface area (Å²) >= 11 is 0. The molecule has 0 radical (unpaired) electrons. The average Bonchev–Trinajstić information content (AvgIpc) is 2.39. The van der Waals surface area contributed by atoms with Crippen LogP contribution in [0.15, 0.2) is 36.4 Å². The van der Waals surface area contributed by atoms with E-state index in [-0.39, 0.29) is 28.5 Å². The minimum absolute atomic E-state index is 0.0209. The number of para-hydroxylation sites is 1. The van der Waals surface area contributed by atoms with Crippen molar-refractivity contribution in [2.24, 2.45) is 0 Å². The second-order valence-corrected chi connectivity index (χ2v) is 3.82. The smallest absolute Gasteiger partial charge is 0.274 e. The molecule has 2 N–H and O–H groups in total. The predicted molar refractivity (Wildman–Crippen MR) is 68.4 cm³/mol. The summed E-state index contributed by atoms with van der Waals surface area (Å²) in [5.41, 5.74) is 0.207. The van der Waals surface area contributed by atoms with Gasteiger partial charge in [0.2, 0.25) is 0 Å². The fourth-order valence-corrected chi connectivity index (χ4v) is 1.76. The maximum absolute atomic E-state index is 10.9. The summed E-state index contributed by atoms with van der Waals surface area (Å²) < 4.78 is 4.90. The first kappa shape index (κ1) is 12.7. The van der Waals surface area contributed by atoms with Crippen molar-refractivity contribution >= 4 is 5.69 Å². The minimum Gasteiger partial charge on any atom is -0.507 e. The summed E-state index contributed by atoms with van der Waals surface area (Å²) in [5, 5.41) is 30.6. The number of nitro benzene ring substituents is 1. The predicted octanol–water partition coefficient (Wildman–Crippen LogP) is 2.68. The fourth-order valence-electron chi connectivity index (χ4n) is 1.76. The number of hydrogen-bond donors (Lipinski definition) is 2. The van der Waals surface area contributed by atoms with Crippen molar-refractivity contribution in [1.29, 1.82) is 0 Å². The van der Waals surface area contributed by atoms with Crippen LogP contribution in [-0.4, -0.2) is 22.2 Å². The molecule has 2 aromatic rings. The van der Waals surface area contributed by atoms with Gasteiger partial charge in [-0.15, -0.1) is 0 Å². The highest BCUT2D eigenvalue weighted by molar-refractivity contribution is 5.79. The van der Waals surface area contributed by atoms with Crippen LogP contribution in [0.4, 0.5) is 5.69 Å². The van der Waals surface area contributed by atoms with Crippen molar-refractivity contribution in [3.05, 3.63) is 46.5 Å². The molecule has 0 aliphatic rings. The number of nitrogens with zero attached hydrogens (tertiary/aromatic N) is 1. The summed E-state index contributed by atoms with van der Waals surface area (Å²) in [6, 6.07) is 8.56. The van der Waals surface area contributed by atoms with Crippen molar-refractivity contribution < 1.29 is 19.9 Å². The van der Waals surface area contributed by atoms with Crippen LogP contribution < -0.4 is 4.74 Å². The van der Waals surface area contributed by atoms with Crippen LogP contribution in [0.1, 0.15) is 0 Å². The van der Waals surface area contributed by atoms with E-state index < -0.39 is 4.92 Å². The van der Waals surface area contributed by atoms with E-state index in [4.69, 9.17) is 4.74 Å². The summed E-state index contributed by atoms with van der Waals surface area (Å²) in [5.74, 6) is -0.359. The molecule has 0 saturated heterocycles. The number of hydrogen-bond acceptors (Lipinski definition) is 5. The highest BCUT2D eigenvalue weighted by Crippen LogP contribution is 2.43. The quantitative estimate of drug-likeness (QED) is 0.654. The molecule has 0 unspecified atom stereocenters. The minimum atomic E-state index is -0.592. The maximum Gasteiger partial charge on any atom is 0.274 e. The van der Waals surface area contributed by atoms with E-state index in [1.165, 1.54) is 19.2 Å². The molecule has 6 nitrogen and oxygen atoms in total. The van der Waals surface area contributed by atoms with Gasteiger partial charge in [-0.1, -0.05) is 18.2 Å². The van der Waals surface area contributed by atoms with Gasteiger partial charge in [0, 0.05) is 17.2 Å². The standard InChI is InChI=1S/C13H11NO5/c1-19-12-7-8(14(17)18)6-10(13(12)16)9-4-2-3-5-11(9)15/h2-7,15-16H,1H3. The summed E-state index contributed by atoms with van der Waals surface area (Å²) in [6.07, 6.45) is 0. The highest BCUT2D eigenvalue weighted by Gasteiger charge is 2.19. The molecular formula is C13H11NO5. The van der Waals surface area contributed by atoms with E-state index >= 15 is 0 Å². The Morgan fingerprint density at radius 2 is 1.84 bits per heavy atom. The maximum atomic E-state index is 10.9. The summed E-state index contributed by atoms with van der Waals surface area (Å²) in [6.45, 7) is 0. The molecule has 0 spiro atoms. The zero-order valence-corrected chi connectivity index (χ0v) is 10.0. The van der Waals surface area contributed by atoms with Gasteiger partial charge >= 0.3 is 0 Å². The third-order valence-corrected chi connectivity index (χ3v) is 2.68. The molecule has 0 aliphatic carbocycles. The Balaban J connectivity index is 2.72. The molecule has 2 rings (SSSR count). The number of nitro groups is 1. The van der Waals surface area contributed by atoms with E-state index in [1.807, 2.05) is 0 Å². The SMILES string of the molecule is COc1cc([N+](=O)[O-])cc(-c2ccccc2O)c1O. The Hall–Kier alpha value is -2.76. The van der Waals surface area contributed by atoms with Gasteiger partial charge in [0.25, 0.3) is 5.69 Å². The van der Waals surface area contributed by atoms with Gasteiger partial charge in [-0.25, -0.2) is 0 Å². The Morgan fingerprint density at radius 3 is 2.42 bits per heavy atom. The number of non-ortho nitro benzene ring substituents is 1. The van der Waals surface area contributed by atoms with Gasteiger partial charge in [-0.2, -0.15) is 0 Å². The second-order valence-electron chi connectivity index (χ2n) is 3.82. The molecule has 19 heavy (non-hydrogen) atoms. The molecule has 2 aromatic carbocycles. The number of phenols is 2. The third-order valence-electron chi connectivity index (χ3n) is 2.68. The first-order valence-electron chi connectivity index (χ1n) is 5.38. The molecular weight excluding hydrogens is 250 g/mol. The molecule has 0 saturated carbocycles. The molecule has 0 atom stereocenters. The topological polar surface area (TPSA) is 92.8 Å². The van der Waals surface area contributed by atoms with Crippen LogP contribution in [0.3, 0.4) is 0 Å². The molecule has 6 heteroatoms.